The fourth-order valence-corrected chi connectivity index (χ4v) is 2.70. The molecule has 2 heterocycles. The van der Waals surface area contributed by atoms with E-state index in [2.05, 4.69) is 22.2 Å². The van der Waals surface area contributed by atoms with Crippen LogP contribution in [0.1, 0.15) is 39.6 Å². The minimum atomic E-state index is -0.360. The second-order valence-corrected chi connectivity index (χ2v) is 5.84. The standard InChI is InChI=1S/C20H20N4O2/c1-3-12-21-20(26)18-23-17(16-11-7-8-13-24(16)18)19(25)22-14(2)15-9-5-4-6-10-15/h3-11,13-14H,1,12H2,2H3,(H,21,26)(H,22,25). The number of carbonyl (C=O) groups excluding carboxylic acids is 2. The summed E-state index contributed by atoms with van der Waals surface area (Å²) in [5.74, 6) is -0.519. The van der Waals surface area contributed by atoms with Gasteiger partial charge < -0.3 is 10.6 Å². The number of hydrogen-bond donors (Lipinski definition) is 2. The molecule has 1 atom stereocenters. The number of fused-ring (bicyclic) bond motifs is 1. The summed E-state index contributed by atoms with van der Waals surface area (Å²) in [7, 11) is 0. The number of nitrogens with one attached hydrogen (secondary N) is 2. The Balaban J connectivity index is 1.91. The molecule has 2 aromatic heterocycles. The van der Waals surface area contributed by atoms with Gasteiger partial charge >= 0.3 is 0 Å². The van der Waals surface area contributed by atoms with E-state index in [0.29, 0.717) is 12.1 Å². The number of carbonyl (C=O) groups is 2. The molecule has 0 saturated heterocycles. The zero-order valence-corrected chi connectivity index (χ0v) is 14.5. The lowest BCUT2D eigenvalue weighted by Gasteiger charge is -2.13. The largest absolute Gasteiger partial charge is 0.346 e. The monoisotopic (exact) mass is 348 g/mol. The van der Waals surface area contributed by atoms with Gasteiger partial charge in [-0.15, -0.1) is 6.58 Å². The first kappa shape index (κ1) is 17.4. The lowest BCUT2D eigenvalue weighted by atomic mass is 10.1. The van der Waals surface area contributed by atoms with Gasteiger partial charge in [0.05, 0.1) is 11.6 Å². The van der Waals surface area contributed by atoms with Crippen LogP contribution in [0.25, 0.3) is 5.52 Å². The van der Waals surface area contributed by atoms with Gasteiger partial charge in [-0.2, -0.15) is 0 Å². The van der Waals surface area contributed by atoms with Gasteiger partial charge in [0.25, 0.3) is 11.8 Å². The summed E-state index contributed by atoms with van der Waals surface area (Å²) < 4.78 is 1.61. The van der Waals surface area contributed by atoms with Crippen LogP contribution in [-0.2, 0) is 0 Å². The van der Waals surface area contributed by atoms with Crippen LogP contribution in [0.2, 0.25) is 0 Å². The lowest BCUT2D eigenvalue weighted by Crippen LogP contribution is -2.28. The van der Waals surface area contributed by atoms with Crippen molar-refractivity contribution in [2.24, 2.45) is 0 Å². The fraction of sp³-hybridized carbons (Fsp3) is 0.150. The predicted octanol–water partition coefficient (Wildman–Crippen LogP) is 2.74. The molecular weight excluding hydrogens is 328 g/mol. The van der Waals surface area contributed by atoms with Gasteiger partial charge in [-0.3, -0.25) is 14.0 Å². The molecule has 2 N–H and O–H groups in total. The zero-order chi connectivity index (χ0) is 18.5. The quantitative estimate of drug-likeness (QED) is 0.673. The Hall–Kier alpha value is -3.41. The van der Waals surface area contributed by atoms with Crippen LogP contribution in [0.15, 0.2) is 67.4 Å². The van der Waals surface area contributed by atoms with Gasteiger partial charge in [0.2, 0.25) is 5.82 Å². The van der Waals surface area contributed by atoms with Crippen molar-refractivity contribution in [2.45, 2.75) is 13.0 Å². The molecule has 3 rings (SSSR count). The van der Waals surface area contributed by atoms with Crippen LogP contribution in [0, 0.1) is 0 Å². The SMILES string of the molecule is C=CCNC(=O)c1nc(C(=O)NC(C)c2ccccc2)c2ccccn12. The predicted molar refractivity (Wildman–Crippen MR) is 100 cm³/mol. The number of amides is 2. The molecular formula is C20H20N4O2. The van der Waals surface area contributed by atoms with Crippen molar-refractivity contribution in [1.29, 1.82) is 0 Å². The Morgan fingerprint density at radius 1 is 1.15 bits per heavy atom. The van der Waals surface area contributed by atoms with E-state index >= 15 is 0 Å². The molecule has 0 aliphatic carbocycles. The molecule has 0 aliphatic rings. The molecule has 0 fully saturated rings. The van der Waals surface area contributed by atoms with E-state index in [1.165, 1.54) is 0 Å². The molecule has 6 heteroatoms. The molecule has 6 nitrogen and oxygen atoms in total. The minimum absolute atomic E-state index is 0.167. The Labute approximate surface area is 151 Å². The van der Waals surface area contributed by atoms with Gasteiger partial charge in [0.15, 0.2) is 5.69 Å². The third kappa shape index (κ3) is 3.49. The second-order valence-electron chi connectivity index (χ2n) is 5.84. The lowest BCUT2D eigenvalue weighted by molar-refractivity contribution is 0.0937. The van der Waals surface area contributed by atoms with E-state index in [0.717, 1.165) is 5.56 Å². The molecule has 0 radical (unpaired) electrons. The van der Waals surface area contributed by atoms with Crippen LogP contribution in [0.5, 0.6) is 0 Å². The average molecular weight is 348 g/mol. The third-order valence-corrected chi connectivity index (χ3v) is 4.02. The molecule has 2 amide bonds. The molecule has 1 unspecified atom stereocenters. The molecule has 0 bridgehead atoms. The number of rotatable bonds is 6. The summed E-state index contributed by atoms with van der Waals surface area (Å²) in [6.45, 7) is 5.81. The molecule has 26 heavy (non-hydrogen) atoms. The van der Waals surface area contributed by atoms with E-state index in [4.69, 9.17) is 0 Å². The van der Waals surface area contributed by atoms with Crippen LogP contribution in [-0.4, -0.2) is 27.7 Å². The number of benzene rings is 1. The first-order chi connectivity index (χ1) is 12.6. The number of imidazole rings is 1. The van der Waals surface area contributed by atoms with Crippen molar-refractivity contribution < 1.29 is 9.59 Å². The van der Waals surface area contributed by atoms with Crippen molar-refractivity contribution in [1.82, 2.24) is 20.0 Å². The first-order valence-electron chi connectivity index (χ1n) is 8.33. The van der Waals surface area contributed by atoms with E-state index in [9.17, 15) is 9.59 Å². The highest BCUT2D eigenvalue weighted by molar-refractivity contribution is 6.02. The number of pyridine rings is 1. The topological polar surface area (TPSA) is 75.5 Å². The highest BCUT2D eigenvalue weighted by Crippen LogP contribution is 2.16. The highest BCUT2D eigenvalue weighted by Gasteiger charge is 2.22. The number of nitrogens with zero attached hydrogens (tertiary/aromatic N) is 2. The van der Waals surface area contributed by atoms with Gasteiger partial charge in [-0.1, -0.05) is 42.5 Å². The van der Waals surface area contributed by atoms with Crippen molar-refractivity contribution in [2.75, 3.05) is 6.54 Å². The van der Waals surface area contributed by atoms with Crippen LogP contribution in [0.3, 0.4) is 0 Å². The second kappa shape index (κ2) is 7.65. The van der Waals surface area contributed by atoms with Crippen molar-refractivity contribution >= 4 is 17.3 Å². The van der Waals surface area contributed by atoms with Gasteiger partial charge in [0, 0.05) is 12.7 Å². The maximum atomic E-state index is 12.8. The van der Waals surface area contributed by atoms with E-state index < -0.39 is 0 Å². The summed E-state index contributed by atoms with van der Waals surface area (Å²) in [5.41, 5.74) is 1.79. The number of aromatic nitrogens is 2. The molecule has 0 saturated carbocycles. The molecule has 0 aliphatic heterocycles. The van der Waals surface area contributed by atoms with Crippen LogP contribution < -0.4 is 10.6 Å². The van der Waals surface area contributed by atoms with Gasteiger partial charge in [-0.05, 0) is 24.6 Å². The van der Waals surface area contributed by atoms with E-state index in [1.807, 2.05) is 37.3 Å². The molecule has 132 valence electrons. The van der Waals surface area contributed by atoms with Crippen molar-refractivity contribution in [3.63, 3.8) is 0 Å². The Kier molecular flexibility index (Phi) is 5.12. The van der Waals surface area contributed by atoms with Crippen molar-refractivity contribution in [3.05, 3.63) is 84.5 Å². The van der Waals surface area contributed by atoms with Crippen LogP contribution >= 0.6 is 0 Å². The van der Waals surface area contributed by atoms with Gasteiger partial charge in [-0.25, -0.2) is 4.98 Å². The smallest absolute Gasteiger partial charge is 0.287 e. The Morgan fingerprint density at radius 3 is 2.62 bits per heavy atom. The first-order valence-corrected chi connectivity index (χ1v) is 8.33. The number of hydrogen-bond acceptors (Lipinski definition) is 3. The molecule has 1 aromatic carbocycles. The summed E-state index contributed by atoms with van der Waals surface area (Å²) in [4.78, 5) is 29.4. The van der Waals surface area contributed by atoms with Crippen molar-refractivity contribution in [3.8, 4) is 0 Å². The van der Waals surface area contributed by atoms with E-state index in [1.54, 1.807) is 34.9 Å². The third-order valence-electron chi connectivity index (χ3n) is 4.02. The summed E-state index contributed by atoms with van der Waals surface area (Å²) in [6.07, 6.45) is 3.30. The highest BCUT2D eigenvalue weighted by atomic mass is 16.2. The maximum Gasteiger partial charge on any atom is 0.287 e. The molecule has 3 aromatic rings. The summed E-state index contributed by atoms with van der Waals surface area (Å²) >= 11 is 0. The normalized spacial score (nSPS) is 11.7. The van der Waals surface area contributed by atoms with E-state index in [-0.39, 0.29) is 29.4 Å². The maximum absolute atomic E-state index is 12.8. The zero-order valence-electron chi connectivity index (χ0n) is 14.5. The van der Waals surface area contributed by atoms with Crippen LogP contribution in [0.4, 0.5) is 0 Å². The average Bonchev–Trinajstić information content (AvgIpc) is 3.06. The summed E-state index contributed by atoms with van der Waals surface area (Å²) in [6, 6.07) is 14.8. The fourth-order valence-electron chi connectivity index (χ4n) is 2.70. The Morgan fingerprint density at radius 2 is 1.88 bits per heavy atom. The molecule has 0 spiro atoms. The minimum Gasteiger partial charge on any atom is -0.346 e. The summed E-state index contributed by atoms with van der Waals surface area (Å²) in [5, 5.41) is 5.63. The van der Waals surface area contributed by atoms with Gasteiger partial charge in [0.1, 0.15) is 0 Å². The Bertz CT molecular complexity index is 947.